The second kappa shape index (κ2) is 11.3. The van der Waals surface area contributed by atoms with Crippen LogP contribution in [0.25, 0.3) is 0 Å². The van der Waals surface area contributed by atoms with Crippen molar-refractivity contribution in [3.8, 4) is 11.5 Å². The van der Waals surface area contributed by atoms with Gasteiger partial charge < -0.3 is 19.1 Å². The van der Waals surface area contributed by atoms with Gasteiger partial charge in [-0.25, -0.2) is 0 Å². The summed E-state index contributed by atoms with van der Waals surface area (Å²) >= 11 is 0. The number of esters is 1. The lowest BCUT2D eigenvalue weighted by Crippen LogP contribution is -2.61. The van der Waals surface area contributed by atoms with Gasteiger partial charge in [-0.3, -0.25) is 22.8 Å². The highest BCUT2D eigenvalue weighted by atomic mass is 32.2. The van der Waals surface area contributed by atoms with Crippen LogP contribution in [-0.2, 0) is 49.8 Å². The van der Waals surface area contributed by atoms with Gasteiger partial charge in [0, 0.05) is 30.0 Å². The predicted octanol–water partition coefficient (Wildman–Crippen LogP) is 1.81. The lowest BCUT2D eigenvalue weighted by Gasteiger charge is -2.50. The van der Waals surface area contributed by atoms with E-state index in [0.29, 0.717) is 16.2 Å². The van der Waals surface area contributed by atoms with Crippen LogP contribution < -0.4 is 9.47 Å². The molecule has 0 bridgehead atoms. The first-order chi connectivity index (χ1) is 18.9. The summed E-state index contributed by atoms with van der Waals surface area (Å²) in [4.78, 5) is 42.8. The summed E-state index contributed by atoms with van der Waals surface area (Å²) in [5.74, 6) is -1.51. The van der Waals surface area contributed by atoms with E-state index >= 15 is 0 Å². The summed E-state index contributed by atoms with van der Waals surface area (Å²) in [6, 6.07) is 13.5. The van der Waals surface area contributed by atoms with Gasteiger partial charge in [0.15, 0.2) is 17.6 Å². The standard InChI is InChI=1S/C27H31NO10S2/c1-35-21-11-10-18(16-22(21)36-2)27-13-12-19(29)17-26(27,25(31)37-3)23(38-40(4,33)34)24(30)28(27)14-15-39(32)20-8-6-5-7-9-20/h5-11,16,23H,12-15,17H2,1-4H3/t23-,26-,27+,39?/m1/s1. The van der Waals surface area contributed by atoms with Gasteiger partial charge in [0.1, 0.15) is 11.2 Å². The number of rotatable bonds is 10. The fourth-order valence-electron chi connectivity index (χ4n) is 5.96. The smallest absolute Gasteiger partial charge is 0.318 e. The number of likely N-dealkylation sites (tertiary alicyclic amines) is 1. The number of fused-ring (bicyclic) bond motifs is 1. The highest BCUT2D eigenvalue weighted by Crippen LogP contribution is 2.62. The number of nitrogens with zero attached hydrogens (tertiary/aromatic N) is 1. The molecule has 1 saturated carbocycles. The summed E-state index contributed by atoms with van der Waals surface area (Å²) in [7, 11) is -1.85. The van der Waals surface area contributed by atoms with Gasteiger partial charge in [-0.1, -0.05) is 24.3 Å². The predicted molar refractivity (Wildman–Crippen MR) is 144 cm³/mol. The molecular formula is C27H31NO10S2. The molecule has 0 spiro atoms. The van der Waals surface area contributed by atoms with Gasteiger partial charge in [-0.05, 0) is 36.2 Å². The number of amides is 1. The van der Waals surface area contributed by atoms with E-state index < -0.39 is 56.3 Å². The monoisotopic (exact) mass is 593 g/mol. The van der Waals surface area contributed by atoms with Gasteiger partial charge in [-0.2, -0.15) is 8.42 Å². The molecule has 4 atom stereocenters. The van der Waals surface area contributed by atoms with Crippen LogP contribution in [-0.4, -0.2) is 81.2 Å². The van der Waals surface area contributed by atoms with E-state index in [1.165, 1.54) is 19.1 Å². The van der Waals surface area contributed by atoms with Crippen molar-refractivity contribution in [3.05, 3.63) is 54.1 Å². The second-order valence-corrected chi connectivity index (χ2v) is 12.8. The van der Waals surface area contributed by atoms with Crippen molar-refractivity contribution in [1.82, 2.24) is 4.90 Å². The molecular weight excluding hydrogens is 562 g/mol. The third-order valence-corrected chi connectivity index (χ3v) is 9.46. The van der Waals surface area contributed by atoms with E-state index in [9.17, 15) is 27.0 Å². The number of carbonyl (C=O) groups excluding carboxylic acids is 3. The van der Waals surface area contributed by atoms with Crippen LogP contribution in [0.1, 0.15) is 24.8 Å². The number of hydrogen-bond acceptors (Lipinski definition) is 10. The molecule has 0 radical (unpaired) electrons. The number of ether oxygens (including phenoxy) is 3. The Hall–Kier alpha value is -3.29. The van der Waals surface area contributed by atoms with E-state index in [0.717, 1.165) is 13.4 Å². The summed E-state index contributed by atoms with van der Waals surface area (Å²) in [5.41, 5.74) is -3.27. The van der Waals surface area contributed by atoms with Crippen LogP contribution >= 0.6 is 0 Å². The third kappa shape index (κ3) is 4.90. The number of methoxy groups -OCH3 is 3. The SMILES string of the molecule is COC(=O)[C@]12CC(=O)CC[C@@]1(c1ccc(OC)c(OC)c1)N(CCS(=O)c1ccccc1)C(=O)[C@H]2OS(C)(=O)=O. The van der Waals surface area contributed by atoms with Crippen molar-refractivity contribution in [2.45, 2.75) is 35.8 Å². The molecule has 1 saturated heterocycles. The lowest BCUT2D eigenvalue weighted by molar-refractivity contribution is -0.172. The Bertz CT molecular complexity index is 1440. The molecule has 1 amide bonds. The van der Waals surface area contributed by atoms with Gasteiger partial charge in [0.2, 0.25) is 0 Å². The van der Waals surface area contributed by atoms with Crippen molar-refractivity contribution in [3.63, 3.8) is 0 Å². The molecule has 0 N–H and O–H groups in total. The Labute approximate surface area is 235 Å². The number of benzene rings is 2. The molecule has 1 heterocycles. The largest absolute Gasteiger partial charge is 0.493 e. The highest BCUT2D eigenvalue weighted by molar-refractivity contribution is 7.86. The maximum Gasteiger partial charge on any atom is 0.318 e. The quantitative estimate of drug-likeness (QED) is 0.296. The first kappa shape index (κ1) is 29.7. The number of carbonyl (C=O) groups is 3. The number of Topliss-reactive ketones (excluding diaryl/α,β-unsaturated/α-hetero) is 1. The molecule has 1 aliphatic carbocycles. The minimum absolute atomic E-state index is 0.00968. The minimum Gasteiger partial charge on any atom is -0.493 e. The van der Waals surface area contributed by atoms with Crippen LogP contribution in [0.4, 0.5) is 0 Å². The second-order valence-electron chi connectivity index (χ2n) is 9.64. The van der Waals surface area contributed by atoms with Gasteiger partial charge in [0.25, 0.3) is 16.0 Å². The zero-order valence-electron chi connectivity index (χ0n) is 22.6. The molecule has 4 rings (SSSR count). The van der Waals surface area contributed by atoms with Crippen molar-refractivity contribution < 1.29 is 45.4 Å². The Kier molecular flexibility index (Phi) is 8.38. The summed E-state index contributed by atoms with van der Waals surface area (Å²) < 4.78 is 59.4. The fraction of sp³-hybridized carbons (Fsp3) is 0.444. The summed E-state index contributed by atoms with van der Waals surface area (Å²) in [5, 5.41) is 0. The fourth-order valence-corrected chi connectivity index (χ4v) is 7.60. The molecule has 1 unspecified atom stereocenters. The van der Waals surface area contributed by atoms with Crippen molar-refractivity contribution in [2.24, 2.45) is 5.41 Å². The van der Waals surface area contributed by atoms with Crippen molar-refractivity contribution in [1.29, 1.82) is 0 Å². The zero-order valence-corrected chi connectivity index (χ0v) is 24.2. The van der Waals surface area contributed by atoms with E-state index in [4.69, 9.17) is 18.4 Å². The van der Waals surface area contributed by atoms with E-state index in [1.54, 1.807) is 48.5 Å². The van der Waals surface area contributed by atoms with Crippen LogP contribution in [0.3, 0.4) is 0 Å². The van der Waals surface area contributed by atoms with Crippen molar-refractivity contribution in [2.75, 3.05) is 39.9 Å². The van der Waals surface area contributed by atoms with Gasteiger partial charge in [0.05, 0.1) is 43.9 Å². The average Bonchev–Trinajstić information content (AvgIpc) is 3.14. The Morgan fingerprint density at radius 1 is 1.05 bits per heavy atom. The maximum absolute atomic E-state index is 14.1. The average molecular weight is 594 g/mol. The third-order valence-electron chi connectivity index (χ3n) is 7.57. The first-order valence-corrected chi connectivity index (χ1v) is 15.5. The van der Waals surface area contributed by atoms with Gasteiger partial charge in [-0.15, -0.1) is 0 Å². The van der Waals surface area contributed by atoms with E-state index in [1.807, 2.05) is 0 Å². The zero-order chi connectivity index (χ0) is 29.3. The molecule has 2 fully saturated rings. The molecule has 2 aromatic rings. The van der Waals surface area contributed by atoms with E-state index in [2.05, 4.69) is 0 Å². The first-order valence-electron chi connectivity index (χ1n) is 12.4. The van der Waals surface area contributed by atoms with Gasteiger partial charge >= 0.3 is 5.97 Å². The molecule has 2 aromatic carbocycles. The molecule has 0 aromatic heterocycles. The summed E-state index contributed by atoms with van der Waals surface area (Å²) in [6.45, 7) is -0.134. The Morgan fingerprint density at radius 2 is 1.73 bits per heavy atom. The van der Waals surface area contributed by atoms with Crippen LogP contribution in [0, 0.1) is 5.41 Å². The topological polar surface area (TPSA) is 143 Å². The molecule has 11 nitrogen and oxygen atoms in total. The number of hydrogen-bond donors (Lipinski definition) is 0. The Balaban J connectivity index is 1.97. The van der Waals surface area contributed by atoms with Crippen molar-refractivity contribution >= 4 is 38.6 Å². The van der Waals surface area contributed by atoms with Crippen LogP contribution in [0.15, 0.2) is 53.4 Å². The molecule has 1 aliphatic heterocycles. The van der Waals surface area contributed by atoms with Crippen LogP contribution in [0.5, 0.6) is 11.5 Å². The molecule has 13 heteroatoms. The Morgan fingerprint density at radius 3 is 2.33 bits per heavy atom. The molecule has 216 valence electrons. The highest BCUT2D eigenvalue weighted by Gasteiger charge is 2.76. The van der Waals surface area contributed by atoms with E-state index in [-0.39, 0.29) is 36.7 Å². The lowest BCUT2D eigenvalue weighted by atomic mass is 9.57. The minimum atomic E-state index is -4.29. The number of ketones is 1. The summed E-state index contributed by atoms with van der Waals surface area (Å²) in [6.07, 6.45) is -1.68. The normalized spacial score (nSPS) is 25.3. The van der Waals surface area contributed by atoms with Crippen LogP contribution in [0.2, 0.25) is 0 Å². The molecule has 2 aliphatic rings. The maximum atomic E-state index is 14.1. The molecule has 40 heavy (non-hydrogen) atoms.